The lowest BCUT2D eigenvalue weighted by Crippen LogP contribution is -1.95. The number of rotatable bonds is 7. The first-order valence-electron chi connectivity index (χ1n) is 9.15. The first kappa shape index (κ1) is 19.6. The summed E-state index contributed by atoms with van der Waals surface area (Å²) in [5.74, 6) is 1.19. The van der Waals surface area contributed by atoms with Crippen LogP contribution in [-0.4, -0.2) is 34.4 Å². The van der Waals surface area contributed by atoms with Gasteiger partial charge in [-0.05, 0) is 23.6 Å². The third-order valence-corrected chi connectivity index (χ3v) is 6.92. The van der Waals surface area contributed by atoms with Crippen molar-refractivity contribution in [1.29, 1.82) is 0 Å². The number of hydrogen-bond donors (Lipinski definition) is 2. The van der Waals surface area contributed by atoms with Crippen molar-refractivity contribution < 1.29 is 4.74 Å². The van der Waals surface area contributed by atoms with Gasteiger partial charge in [-0.1, -0.05) is 30.3 Å². The largest absolute Gasteiger partial charge is 0.397 e. The Morgan fingerprint density at radius 3 is 2.55 bits per heavy atom. The van der Waals surface area contributed by atoms with Crippen molar-refractivity contribution in [3.63, 3.8) is 0 Å². The zero-order chi connectivity index (χ0) is 20.2. The van der Waals surface area contributed by atoms with Crippen LogP contribution in [0.25, 0.3) is 32.6 Å². The average molecular weight is 424 g/mol. The molecule has 4 rings (SSSR count). The summed E-state index contributed by atoms with van der Waals surface area (Å²) < 4.78 is 6.23. The van der Waals surface area contributed by atoms with E-state index in [0.29, 0.717) is 0 Å². The van der Waals surface area contributed by atoms with Crippen LogP contribution >= 0.6 is 23.1 Å². The fraction of sp³-hybridized carbons (Fsp3) is 0.190. The number of thioether (sulfide) groups is 1. The van der Waals surface area contributed by atoms with Crippen molar-refractivity contribution in [3.8, 4) is 22.4 Å². The Kier molecular flexibility index (Phi) is 5.94. The van der Waals surface area contributed by atoms with E-state index in [9.17, 15) is 0 Å². The molecule has 29 heavy (non-hydrogen) atoms. The summed E-state index contributed by atoms with van der Waals surface area (Å²) in [7, 11) is 1.72. The van der Waals surface area contributed by atoms with Crippen LogP contribution < -0.4 is 11.5 Å². The fourth-order valence-corrected chi connectivity index (χ4v) is 5.32. The minimum absolute atomic E-state index is 0.244. The van der Waals surface area contributed by atoms with E-state index in [1.54, 1.807) is 42.6 Å². The number of nitrogens with zero attached hydrogens (tertiary/aromatic N) is 3. The second-order valence-electron chi connectivity index (χ2n) is 6.43. The van der Waals surface area contributed by atoms with Gasteiger partial charge in [0.15, 0.2) is 0 Å². The molecular weight excluding hydrogens is 402 g/mol. The number of methoxy groups -OCH3 is 1. The molecule has 0 aliphatic carbocycles. The zero-order valence-corrected chi connectivity index (χ0v) is 17.6. The summed E-state index contributed by atoms with van der Waals surface area (Å²) in [6.07, 6.45) is 4.37. The minimum Gasteiger partial charge on any atom is -0.397 e. The van der Waals surface area contributed by atoms with Crippen LogP contribution in [0.1, 0.15) is 6.42 Å². The molecule has 3 heterocycles. The number of benzene rings is 1. The highest BCUT2D eigenvalue weighted by molar-refractivity contribution is 8.01. The highest BCUT2D eigenvalue weighted by Crippen LogP contribution is 2.45. The minimum atomic E-state index is 0.244. The summed E-state index contributed by atoms with van der Waals surface area (Å²) >= 11 is 3.38. The van der Waals surface area contributed by atoms with Gasteiger partial charge in [0.2, 0.25) is 5.95 Å². The standard InChI is InChI=1S/C21H21N5OS2/c1-27-8-5-9-28-20-18(22)17-15(13-6-3-2-4-7-13)10-16(26-19(17)29-20)14-11-24-21(23)25-12-14/h2-4,6-7,10-12H,5,8-9,22H2,1H3,(H2,23,24,25). The molecule has 0 fully saturated rings. The molecule has 0 radical (unpaired) electrons. The van der Waals surface area contributed by atoms with Gasteiger partial charge in [0, 0.05) is 42.8 Å². The van der Waals surface area contributed by atoms with Crippen LogP contribution in [-0.2, 0) is 4.74 Å². The van der Waals surface area contributed by atoms with Crippen LogP contribution in [0.4, 0.5) is 11.6 Å². The molecule has 0 aliphatic heterocycles. The highest BCUT2D eigenvalue weighted by atomic mass is 32.2. The van der Waals surface area contributed by atoms with E-state index < -0.39 is 0 Å². The Bertz CT molecular complexity index is 1110. The second-order valence-corrected chi connectivity index (χ2v) is 8.79. The normalized spacial score (nSPS) is 11.2. The van der Waals surface area contributed by atoms with Crippen LogP contribution in [0, 0.1) is 0 Å². The van der Waals surface area contributed by atoms with Crippen LogP contribution in [0.5, 0.6) is 0 Å². The van der Waals surface area contributed by atoms with Gasteiger partial charge < -0.3 is 16.2 Å². The Hall–Kier alpha value is -2.68. The number of pyridine rings is 1. The van der Waals surface area contributed by atoms with Gasteiger partial charge in [0.25, 0.3) is 0 Å². The molecule has 0 unspecified atom stereocenters. The molecule has 0 amide bonds. The maximum atomic E-state index is 6.58. The number of nitrogens with two attached hydrogens (primary N) is 2. The first-order valence-corrected chi connectivity index (χ1v) is 11.0. The first-order chi connectivity index (χ1) is 14.2. The summed E-state index contributed by atoms with van der Waals surface area (Å²) in [5.41, 5.74) is 16.8. The van der Waals surface area contributed by atoms with E-state index in [4.69, 9.17) is 21.2 Å². The molecule has 3 aromatic heterocycles. The fourth-order valence-electron chi connectivity index (χ4n) is 3.04. The van der Waals surface area contributed by atoms with Crippen molar-refractivity contribution in [2.24, 2.45) is 0 Å². The smallest absolute Gasteiger partial charge is 0.219 e. The third-order valence-electron chi connectivity index (χ3n) is 4.44. The van der Waals surface area contributed by atoms with E-state index in [-0.39, 0.29) is 5.95 Å². The summed E-state index contributed by atoms with van der Waals surface area (Å²) in [4.78, 5) is 14.0. The van der Waals surface area contributed by atoms with E-state index in [1.165, 1.54) is 0 Å². The van der Waals surface area contributed by atoms with Gasteiger partial charge in [-0.3, -0.25) is 0 Å². The van der Waals surface area contributed by atoms with Gasteiger partial charge in [-0.25, -0.2) is 15.0 Å². The molecule has 0 aliphatic rings. The SMILES string of the molecule is COCCCSc1sc2nc(-c3cnc(N)nc3)cc(-c3ccccc3)c2c1N. The molecule has 4 N–H and O–H groups in total. The van der Waals surface area contributed by atoms with E-state index >= 15 is 0 Å². The molecule has 1 aromatic carbocycles. The number of aromatic nitrogens is 3. The van der Waals surface area contributed by atoms with E-state index in [2.05, 4.69) is 28.2 Å². The Labute approximate surface area is 177 Å². The number of nitrogen functional groups attached to an aromatic ring is 2. The van der Waals surface area contributed by atoms with E-state index in [1.807, 2.05) is 18.2 Å². The average Bonchev–Trinajstić information content (AvgIpc) is 3.07. The van der Waals surface area contributed by atoms with Crippen molar-refractivity contribution in [3.05, 3.63) is 48.8 Å². The number of anilines is 2. The van der Waals surface area contributed by atoms with Gasteiger partial charge >= 0.3 is 0 Å². The molecule has 0 atom stereocenters. The van der Waals surface area contributed by atoms with Crippen molar-refractivity contribution in [2.45, 2.75) is 10.6 Å². The number of ether oxygens (including phenoxy) is 1. The molecule has 148 valence electrons. The lowest BCUT2D eigenvalue weighted by atomic mass is 10.0. The van der Waals surface area contributed by atoms with Crippen LogP contribution in [0.15, 0.2) is 53.0 Å². The Balaban J connectivity index is 1.84. The monoisotopic (exact) mass is 423 g/mol. The van der Waals surface area contributed by atoms with Gasteiger partial charge in [-0.2, -0.15) is 0 Å². The lowest BCUT2D eigenvalue weighted by molar-refractivity contribution is 0.200. The maximum absolute atomic E-state index is 6.58. The molecule has 6 nitrogen and oxygen atoms in total. The van der Waals surface area contributed by atoms with Gasteiger partial charge in [0.1, 0.15) is 4.83 Å². The van der Waals surface area contributed by atoms with Crippen molar-refractivity contribution in [1.82, 2.24) is 15.0 Å². The number of fused-ring (bicyclic) bond motifs is 1. The van der Waals surface area contributed by atoms with Gasteiger partial charge in [-0.15, -0.1) is 23.1 Å². The molecule has 0 saturated heterocycles. The van der Waals surface area contributed by atoms with Crippen LogP contribution in [0.2, 0.25) is 0 Å². The molecule has 0 bridgehead atoms. The summed E-state index contributed by atoms with van der Waals surface area (Å²) in [6, 6.07) is 12.3. The van der Waals surface area contributed by atoms with Crippen LogP contribution in [0.3, 0.4) is 0 Å². The molecule has 0 spiro atoms. The molecule has 0 saturated carbocycles. The number of hydrogen-bond acceptors (Lipinski definition) is 8. The Morgan fingerprint density at radius 2 is 1.83 bits per heavy atom. The second kappa shape index (κ2) is 8.77. The predicted molar refractivity (Wildman–Crippen MR) is 122 cm³/mol. The molecule has 8 heteroatoms. The summed E-state index contributed by atoms with van der Waals surface area (Å²) in [6.45, 7) is 0.743. The van der Waals surface area contributed by atoms with E-state index in [0.717, 1.165) is 61.3 Å². The quantitative estimate of drug-likeness (QED) is 0.328. The van der Waals surface area contributed by atoms with Crippen molar-refractivity contribution >= 4 is 45.0 Å². The predicted octanol–water partition coefficient (Wildman–Crippen LogP) is 4.71. The Morgan fingerprint density at radius 1 is 1.07 bits per heavy atom. The third kappa shape index (κ3) is 4.19. The highest BCUT2D eigenvalue weighted by Gasteiger charge is 2.18. The lowest BCUT2D eigenvalue weighted by Gasteiger charge is -2.08. The molecular formula is C21H21N5OS2. The van der Waals surface area contributed by atoms with Gasteiger partial charge in [0.05, 0.1) is 15.6 Å². The van der Waals surface area contributed by atoms with Crippen molar-refractivity contribution in [2.75, 3.05) is 30.9 Å². The summed E-state index contributed by atoms with van der Waals surface area (Å²) in [5, 5.41) is 0.996. The molecule has 4 aromatic rings. The topological polar surface area (TPSA) is 99.9 Å². The number of thiophene rings is 1. The maximum Gasteiger partial charge on any atom is 0.219 e. The zero-order valence-electron chi connectivity index (χ0n) is 16.0.